The number of ether oxygens (including phenoxy) is 1. The molecule has 0 aliphatic carbocycles. The van der Waals surface area contributed by atoms with Crippen LogP contribution in [-0.4, -0.2) is 33.7 Å². The maximum atomic E-state index is 12.4. The highest BCUT2D eigenvalue weighted by Crippen LogP contribution is 2.32. The number of amides is 1. The minimum Gasteiger partial charge on any atom is -0.463 e. The smallest absolute Gasteiger partial charge is 0.307 e. The third-order valence-corrected chi connectivity index (χ3v) is 4.26. The quantitative estimate of drug-likeness (QED) is 0.470. The van der Waals surface area contributed by atoms with Gasteiger partial charge in [-0.3, -0.25) is 14.5 Å². The molecule has 1 fully saturated rings. The lowest BCUT2D eigenvalue weighted by atomic mass is 10.2. The van der Waals surface area contributed by atoms with Crippen LogP contribution in [0.2, 0.25) is 0 Å². The normalized spacial score (nSPS) is 16.7. The molecule has 22 heavy (non-hydrogen) atoms. The van der Waals surface area contributed by atoms with Crippen molar-refractivity contribution in [1.29, 1.82) is 0 Å². The Labute approximate surface area is 139 Å². The van der Waals surface area contributed by atoms with Crippen molar-refractivity contribution < 1.29 is 14.3 Å². The van der Waals surface area contributed by atoms with Crippen LogP contribution >= 0.6 is 24.0 Å². The fourth-order valence-electron chi connectivity index (χ4n) is 1.92. The van der Waals surface area contributed by atoms with E-state index in [-0.39, 0.29) is 30.9 Å². The highest BCUT2D eigenvalue weighted by molar-refractivity contribution is 8.26. The van der Waals surface area contributed by atoms with Gasteiger partial charge in [0.05, 0.1) is 17.4 Å². The van der Waals surface area contributed by atoms with Gasteiger partial charge in [0.15, 0.2) is 0 Å². The van der Waals surface area contributed by atoms with Crippen molar-refractivity contribution in [3.8, 4) is 0 Å². The third kappa shape index (κ3) is 4.42. The lowest BCUT2D eigenvalue weighted by Crippen LogP contribution is -2.31. The predicted octanol–water partition coefficient (Wildman–Crippen LogP) is 3.23. The molecule has 0 bridgehead atoms. The van der Waals surface area contributed by atoms with Crippen LogP contribution in [0.25, 0.3) is 6.08 Å². The van der Waals surface area contributed by atoms with Crippen molar-refractivity contribution in [3.63, 3.8) is 0 Å². The fraction of sp³-hybridized carbons (Fsp3) is 0.312. The van der Waals surface area contributed by atoms with Gasteiger partial charge in [-0.2, -0.15) is 0 Å². The highest BCUT2D eigenvalue weighted by atomic mass is 32.2. The lowest BCUT2D eigenvalue weighted by Gasteiger charge is -2.14. The molecule has 0 aromatic heterocycles. The van der Waals surface area contributed by atoms with Gasteiger partial charge >= 0.3 is 5.97 Å². The molecule has 1 aromatic rings. The first-order valence-corrected chi connectivity index (χ1v) is 8.19. The van der Waals surface area contributed by atoms with Gasteiger partial charge < -0.3 is 4.74 Å². The third-order valence-electron chi connectivity index (χ3n) is 2.88. The summed E-state index contributed by atoms with van der Waals surface area (Å²) in [6, 6.07) is 9.59. The van der Waals surface area contributed by atoms with E-state index in [0.717, 1.165) is 5.56 Å². The molecule has 0 saturated carbocycles. The van der Waals surface area contributed by atoms with Gasteiger partial charge in [0.1, 0.15) is 4.32 Å². The Hall–Kier alpha value is -1.66. The van der Waals surface area contributed by atoms with Crippen molar-refractivity contribution in [1.82, 2.24) is 4.90 Å². The van der Waals surface area contributed by atoms with Crippen molar-refractivity contribution in [2.75, 3.05) is 6.54 Å². The molecular weight excluding hydrogens is 318 g/mol. The maximum Gasteiger partial charge on any atom is 0.307 e. The summed E-state index contributed by atoms with van der Waals surface area (Å²) in [5, 5.41) is 0. The first-order chi connectivity index (χ1) is 10.5. The van der Waals surface area contributed by atoms with Crippen molar-refractivity contribution in [3.05, 3.63) is 40.8 Å². The highest BCUT2D eigenvalue weighted by Gasteiger charge is 2.32. The van der Waals surface area contributed by atoms with Gasteiger partial charge in [-0.05, 0) is 25.5 Å². The summed E-state index contributed by atoms with van der Waals surface area (Å²) in [7, 11) is 0. The molecule has 2 rings (SSSR count). The Balaban J connectivity index is 2.00. The van der Waals surface area contributed by atoms with Crippen LogP contribution < -0.4 is 0 Å². The molecule has 1 amide bonds. The van der Waals surface area contributed by atoms with E-state index in [4.69, 9.17) is 17.0 Å². The molecule has 1 saturated heterocycles. The number of hydrogen-bond acceptors (Lipinski definition) is 5. The lowest BCUT2D eigenvalue weighted by molar-refractivity contribution is -0.147. The Kier molecular flexibility index (Phi) is 5.74. The minimum absolute atomic E-state index is 0.142. The molecule has 0 N–H and O–H groups in total. The molecule has 4 nitrogen and oxygen atoms in total. The second-order valence-electron chi connectivity index (χ2n) is 5.03. The average molecular weight is 335 g/mol. The zero-order valence-electron chi connectivity index (χ0n) is 12.4. The second kappa shape index (κ2) is 7.56. The number of thioether (sulfide) groups is 1. The van der Waals surface area contributed by atoms with E-state index in [9.17, 15) is 9.59 Å². The van der Waals surface area contributed by atoms with Crippen LogP contribution in [0.3, 0.4) is 0 Å². The molecule has 0 unspecified atom stereocenters. The van der Waals surface area contributed by atoms with Crippen LogP contribution in [0.15, 0.2) is 35.2 Å². The van der Waals surface area contributed by atoms with Gasteiger partial charge in [0.25, 0.3) is 5.91 Å². The summed E-state index contributed by atoms with van der Waals surface area (Å²) in [5.74, 6) is -0.479. The Morgan fingerprint density at radius 1 is 1.36 bits per heavy atom. The van der Waals surface area contributed by atoms with Crippen LogP contribution in [-0.2, 0) is 14.3 Å². The minimum atomic E-state index is -0.323. The monoisotopic (exact) mass is 335 g/mol. The standard InChI is InChI=1S/C16H17NO3S2/c1-11(2)20-14(18)8-9-17-15(19)13(22-16(17)21)10-12-6-4-3-5-7-12/h3-7,10-11H,8-9H2,1-2H3. The van der Waals surface area contributed by atoms with Crippen LogP contribution in [0.1, 0.15) is 25.8 Å². The fourth-order valence-corrected chi connectivity index (χ4v) is 3.23. The summed E-state index contributed by atoms with van der Waals surface area (Å²) >= 11 is 6.48. The van der Waals surface area contributed by atoms with Gasteiger partial charge in [-0.25, -0.2) is 0 Å². The average Bonchev–Trinajstić information content (AvgIpc) is 2.72. The molecule has 1 aliphatic heterocycles. The van der Waals surface area contributed by atoms with Gasteiger partial charge in [-0.15, -0.1) is 0 Å². The molecule has 1 aromatic carbocycles. The Bertz CT molecular complexity index is 611. The van der Waals surface area contributed by atoms with E-state index >= 15 is 0 Å². The molecule has 0 atom stereocenters. The van der Waals surface area contributed by atoms with E-state index in [2.05, 4.69) is 0 Å². The number of thiocarbonyl (C=S) groups is 1. The molecule has 1 heterocycles. The Morgan fingerprint density at radius 3 is 2.68 bits per heavy atom. The van der Waals surface area contributed by atoms with E-state index in [1.807, 2.05) is 36.4 Å². The van der Waals surface area contributed by atoms with Crippen molar-refractivity contribution in [2.45, 2.75) is 26.4 Å². The predicted molar refractivity (Wildman–Crippen MR) is 92.2 cm³/mol. The summed E-state index contributed by atoms with van der Waals surface area (Å²) in [6.45, 7) is 3.84. The summed E-state index contributed by atoms with van der Waals surface area (Å²) in [6.07, 6.45) is 1.80. The van der Waals surface area contributed by atoms with E-state index in [0.29, 0.717) is 9.23 Å². The number of esters is 1. The van der Waals surface area contributed by atoms with Gasteiger partial charge in [-0.1, -0.05) is 54.3 Å². The number of benzene rings is 1. The number of carbonyl (C=O) groups is 2. The summed E-state index contributed by atoms with van der Waals surface area (Å²) < 4.78 is 5.54. The molecular formula is C16H17NO3S2. The summed E-state index contributed by atoms with van der Waals surface area (Å²) in [4.78, 5) is 26.0. The maximum absolute atomic E-state index is 12.4. The van der Waals surface area contributed by atoms with E-state index < -0.39 is 0 Å². The zero-order chi connectivity index (χ0) is 16.1. The molecule has 0 radical (unpaired) electrons. The molecule has 1 aliphatic rings. The van der Waals surface area contributed by atoms with E-state index in [1.54, 1.807) is 13.8 Å². The van der Waals surface area contributed by atoms with Gasteiger partial charge in [0.2, 0.25) is 0 Å². The van der Waals surface area contributed by atoms with E-state index in [1.165, 1.54) is 16.7 Å². The van der Waals surface area contributed by atoms with Crippen LogP contribution in [0.4, 0.5) is 0 Å². The largest absolute Gasteiger partial charge is 0.463 e. The summed E-state index contributed by atoms with van der Waals surface area (Å²) in [5.41, 5.74) is 0.946. The van der Waals surface area contributed by atoms with Gasteiger partial charge in [0, 0.05) is 6.54 Å². The number of rotatable bonds is 5. The SMILES string of the molecule is CC(C)OC(=O)CCN1C(=O)C(=Cc2ccccc2)SC1=S. The number of nitrogens with zero attached hydrogens (tertiary/aromatic N) is 1. The second-order valence-corrected chi connectivity index (χ2v) is 6.71. The number of hydrogen-bond donors (Lipinski definition) is 0. The van der Waals surface area contributed by atoms with Crippen molar-refractivity contribution >= 4 is 46.3 Å². The first kappa shape index (κ1) is 16.7. The molecule has 6 heteroatoms. The first-order valence-electron chi connectivity index (χ1n) is 6.97. The van der Waals surface area contributed by atoms with Crippen LogP contribution in [0.5, 0.6) is 0 Å². The topological polar surface area (TPSA) is 46.6 Å². The Morgan fingerprint density at radius 2 is 2.05 bits per heavy atom. The molecule has 116 valence electrons. The van der Waals surface area contributed by atoms with Crippen LogP contribution in [0, 0.1) is 0 Å². The number of carbonyl (C=O) groups excluding carboxylic acids is 2. The zero-order valence-corrected chi connectivity index (χ0v) is 14.1. The molecule has 0 spiro atoms. The van der Waals surface area contributed by atoms with Crippen molar-refractivity contribution in [2.24, 2.45) is 0 Å².